The number of imidazole rings is 1. The molecule has 130 valence electrons. The lowest BCUT2D eigenvalue weighted by Crippen LogP contribution is -2.03. The highest BCUT2D eigenvalue weighted by molar-refractivity contribution is 9.10. The number of nitrogens with zero attached hydrogens (tertiary/aromatic N) is 3. The van der Waals surface area contributed by atoms with Gasteiger partial charge in [0.25, 0.3) is 0 Å². The van der Waals surface area contributed by atoms with Gasteiger partial charge >= 0.3 is 0 Å². The molecule has 0 unspecified atom stereocenters. The monoisotopic (exact) mass is 402 g/mol. The Hall–Kier alpha value is -2.54. The molecule has 0 radical (unpaired) electrons. The normalized spacial score (nSPS) is 10.5. The van der Waals surface area contributed by atoms with E-state index in [-0.39, 0.29) is 0 Å². The third kappa shape index (κ3) is 4.11. The van der Waals surface area contributed by atoms with E-state index in [1.54, 1.807) is 25.8 Å². The van der Waals surface area contributed by atoms with Crippen molar-refractivity contribution in [1.82, 2.24) is 14.5 Å². The zero-order valence-corrected chi connectivity index (χ0v) is 15.7. The molecule has 2 aromatic heterocycles. The first-order valence-electron chi connectivity index (χ1n) is 7.88. The fourth-order valence-electron chi connectivity index (χ4n) is 2.40. The summed E-state index contributed by atoms with van der Waals surface area (Å²) in [5, 5.41) is 3.36. The highest BCUT2D eigenvalue weighted by Crippen LogP contribution is 2.36. The molecule has 1 N–H and O–H groups in total. The average Bonchev–Trinajstić information content (AvgIpc) is 3.17. The second-order valence-electron chi connectivity index (χ2n) is 5.27. The predicted octanol–water partition coefficient (Wildman–Crippen LogP) is 4.05. The first-order chi connectivity index (χ1) is 12.2. The smallest absolute Gasteiger partial charge is 0.175 e. The minimum atomic E-state index is 0.585. The first-order valence-corrected chi connectivity index (χ1v) is 8.68. The summed E-state index contributed by atoms with van der Waals surface area (Å²) in [6, 6.07) is 7.92. The molecular weight excluding hydrogens is 384 g/mol. The third-order valence-corrected chi connectivity index (χ3v) is 4.18. The molecule has 0 aliphatic rings. The molecule has 0 atom stereocenters. The molecule has 0 saturated carbocycles. The van der Waals surface area contributed by atoms with Crippen molar-refractivity contribution in [3.8, 4) is 17.3 Å². The van der Waals surface area contributed by atoms with Crippen LogP contribution < -0.4 is 14.8 Å². The van der Waals surface area contributed by atoms with Crippen molar-refractivity contribution in [3.05, 3.63) is 59.2 Å². The largest absolute Gasteiger partial charge is 0.493 e. The number of benzene rings is 1. The SMILES string of the molecule is CCOc1c(Br)cc(CNc2ccc(-n3ccnc3)nc2)cc1OC. The molecule has 0 bridgehead atoms. The maximum absolute atomic E-state index is 5.62. The van der Waals surface area contributed by atoms with Gasteiger partial charge in [-0.1, -0.05) is 0 Å². The van der Waals surface area contributed by atoms with Crippen molar-refractivity contribution in [2.45, 2.75) is 13.5 Å². The number of nitrogens with one attached hydrogen (secondary N) is 1. The highest BCUT2D eigenvalue weighted by atomic mass is 79.9. The van der Waals surface area contributed by atoms with Crippen LogP contribution in [0.25, 0.3) is 5.82 Å². The van der Waals surface area contributed by atoms with E-state index in [1.165, 1.54) is 0 Å². The van der Waals surface area contributed by atoms with Gasteiger partial charge in [0, 0.05) is 18.9 Å². The first kappa shape index (κ1) is 17.3. The molecule has 3 rings (SSSR count). The second kappa shape index (κ2) is 8.02. The number of hydrogen-bond donors (Lipinski definition) is 1. The Morgan fingerprint density at radius 1 is 1.28 bits per heavy atom. The van der Waals surface area contributed by atoms with Gasteiger partial charge in [-0.2, -0.15) is 0 Å². The van der Waals surface area contributed by atoms with Crippen molar-refractivity contribution < 1.29 is 9.47 Å². The van der Waals surface area contributed by atoms with E-state index in [0.717, 1.165) is 27.3 Å². The van der Waals surface area contributed by atoms with Crippen LogP contribution in [0, 0.1) is 0 Å². The summed E-state index contributed by atoms with van der Waals surface area (Å²) in [6.07, 6.45) is 7.11. The second-order valence-corrected chi connectivity index (χ2v) is 6.12. The van der Waals surface area contributed by atoms with Crippen LogP contribution in [0.2, 0.25) is 0 Å². The van der Waals surface area contributed by atoms with E-state index >= 15 is 0 Å². The summed E-state index contributed by atoms with van der Waals surface area (Å²) in [7, 11) is 1.64. The molecule has 0 spiro atoms. The summed E-state index contributed by atoms with van der Waals surface area (Å²) < 4.78 is 13.8. The molecule has 6 nitrogen and oxygen atoms in total. The van der Waals surface area contributed by atoms with Gasteiger partial charge in [0.1, 0.15) is 12.1 Å². The van der Waals surface area contributed by atoms with Gasteiger partial charge in [-0.15, -0.1) is 0 Å². The van der Waals surface area contributed by atoms with Crippen LogP contribution in [0.3, 0.4) is 0 Å². The summed E-state index contributed by atoms with van der Waals surface area (Å²) in [4.78, 5) is 8.45. The van der Waals surface area contributed by atoms with E-state index in [1.807, 2.05) is 42.0 Å². The minimum Gasteiger partial charge on any atom is -0.493 e. The topological polar surface area (TPSA) is 61.2 Å². The van der Waals surface area contributed by atoms with Crippen molar-refractivity contribution in [1.29, 1.82) is 0 Å². The highest BCUT2D eigenvalue weighted by Gasteiger charge is 2.11. The van der Waals surface area contributed by atoms with Crippen molar-refractivity contribution >= 4 is 21.6 Å². The average molecular weight is 403 g/mol. The summed E-state index contributed by atoms with van der Waals surface area (Å²) in [6.45, 7) is 3.18. The Balaban J connectivity index is 1.70. The van der Waals surface area contributed by atoms with Crippen LogP contribution in [0.4, 0.5) is 5.69 Å². The molecule has 25 heavy (non-hydrogen) atoms. The van der Waals surface area contributed by atoms with Crippen LogP contribution in [0.5, 0.6) is 11.5 Å². The van der Waals surface area contributed by atoms with Gasteiger partial charge in [0.15, 0.2) is 11.5 Å². The number of rotatable bonds is 7. The van der Waals surface area contributed by atoms with E-state index in [2.05, 4.69) is 31.2 Å². The number of pyridine rings is 1. The molecule has 0 saturated heterocycles. The van der Waals surface area contributed by atoms with Crippen LogP contribution in [-0.4, -0.2) is 28.3 Å². The summed E-state index contributed by atoms with van der Waals surface area (Å²) in [5.74, 6) is 2.26. The zero-order chi connectivity index (χ0) is 17.6. The number of methoxy groups -OCH3 is 1. The fraction of sp³-hybridized carbons (Fsp3) is 0.222. The molecular formula is C18H19BrN4O2. The Morgan fingerprint density at radius 2 is 2.16 bits per heavy atom. The lowest BCUT2D eigenvalue weighted by molar-refractivity contribution is 0.308. The van der Waals surface area contributed by atoms with E-state index in [4.69, 9.17) is 9.47 Å². The molecule has 0 aliphatic heterocycles. The quantitative estimate of drug-likeness (QED) is 0.645. The standard InChI is InChI=1S/C18H19BrN4O2/c1-3-25-18-15(19)8-13(9-16(18)24-2)10-21-14-4-5-17(22-11-14)23-7-6-20-12-23/h4-9,11-12,21H,3,10H2,1-2H3. The number of aromatic nitrogens is 3. The van der Waals surface area contributed by atoms with E-state index in [9.17, 15) is 0 Å². The van der Waals surface area contributed by atoms with E-state index in [0.29, 0.717) is 18.9 Å². The van der Waals surface area contributed by atoms with Crippen molar-refractivity contribution in [2.24, 2.45) is 0 Å². The molecule has 0 aliphatic carbocycles. The molecule has 0 amide bonds. The molecule has 7 heteroatoms. The van der Waals surface area contributed by atoms with Crippen LogP contribution >= 0.6 is 15.9 Å². The zero-order valence-electron chi connectivity index (χ0n) is 14.1. The lowest BCUT2D eigenvalue weighted by atomic mass is 10.2. The summed E-state index contributed by atoms with van der Waals surface area (Å²) in [5.41, 5.74) is 2.01. The Bertz CT molecular complexity index is 820. The fourth-order valence-corrected chi connectivity index (χ4v) is 3.01. The number of hydrogen-bond acceptors (Lipinski definition) is 5. The van der Waals surface area contributed by atoms with Gasteiger partial charge in [-0.05, 0) is 52.7 Å². The number of anilines is 1. The van der Waals surface area contributed by atoms with Crippen molar-refractivity contribution in [3.63, 3.8) is 0 Å². The predicted molar refractivity (Wildman–Crippen MR) is 101 cm³/mol. The molecule has 2 heterocycles. The van der Waals surface area contributed by atoms with Crippen LogP contribution in [0.1, 0.15) is 12.5 Å². The van der Waals surface area contributed by atoms with Gasteiger partial charge in [-0.25, -0.2) is 9.97 Å². The summed E-state index contributed by atoms with van der Waals surface area (Å²) >= 11 is 3.54. The lowest BCUT2D eigenvalue weighted by Gasteiger charge is -2.14. The molecule has 3 aromatic rings. The van der Waals surface area contributed by atoms with E-state index < -0.39 is 0 Å². The van der Waals surface area contributed by atoms with Gasteiger partial charge in [0.05, 0.1) is 30.1 Å². The molecule has 1 aromatic carbocycles. The number of ether oxygens (including phenoxy) is 2. The Kier molecular flexibility index (Phi) is 5.55. The van der Waals surface area contributed by atoms with Gasteiger partial charge in [-0.3, -0.25) is 4.57 Å². The van der Waals surface area contributed by atoms with Gasteiger partial charge < -0.3 is 14.8 Å². The minimum absolute atomic E-state index is 0.585. The van der Waals surface area contributed by atoms with Gasteiger partial charge in [0.2, 0.25) is 0 Å². The van der Waals surface area contributed by atoms with Crippen molar-refractivity contribution in [2.75, 3.05) is 19.0 Å². The van der Waals surface area contributed by atoms with Crippen LogP contribution in [0.15, 0.2) is 53.7 Å². The number of halogens is 1. The Labute approximate surface area is 155 Å². The molecule has 0 fully saturated rings. The maximum atomic E-state index is 5.62. The van der Waals surface area contributed by atoms with Crippen LogP contribution in [-0.2, 0) is 6.54 Å². The third-order valence-electron chi connectivity index (χ3n) is 3.59. The Morgan fingerprint density at radius 3 is 2.80 bits per heavy atom. The maximum Gasteiger partial charge on any atom is 0.175 e.